The third-order valence-electron chi connectivity index (χ3n) is 2.40. The number of pyridine rings is 1. The van der Waals surface area contributed by atoms with Crippen LogP contribution >= 0.6 is 0 Å². The topological polar surface area (TPSA) is 24.1 Å². The summed E-state index contributed by atoms with van der Waals surface area (Å²) in [7, 11) is 1.98. The fraction of sp³-hybridized carbons (Fsp3) is 0.0714. The summed E-state index contributed by atoms with van der Waals surface area (Å²) in [6, 6.07) is 11.3. The van der Waals surface area contributed by atoms with E-state index in [0.717, 1.165) is 11.1 Å². The van der Waals surface area contributed by atoms with Gasteiger partial charge in [0.2, 0.25) is 0 Å². The molecule has 1 N–H and O–H groups in total. The van der Waals surface area contributed by atoms with Crippen LogP contribution in [0.5, 0.6) is 5.75 Å². The number of aryl methyl sites for hydroxylation is 1. The number of benzene rings is 1. The molecular weight excluding hydrogens is 198 g/mol. The van der Waals surface area contributed by atoms with Crippen molar-refractivity contribution in [3.8, 4) is 5.75 Å². The van der Waals surface area contributed by atoms with E-state index >= 15 is 0 Å². The van der Waals surface area contributed by atoms with Gasteiger partial charge in [0.15, 0.2) is 12.4 Å². The van der Waals surface area contributed by atoms with Crippen LogP contribution in [-0.2, 0) is 7.05 Å². The van der Waals surface area contributed by atoms with E-state index in [2.05, 4.69) is 0 Å². The molecule has 0 fully saturated rings. The van der Waals surface area contributed by atoms with E-state index in [0.29, 0.717) is 5.75 Å². The van der Waals surface area contributed by atoms with Crippen molar-refractivity contribution in [3.05, 3.63) is 59.9 Å². The van der Waals surface area contributed by atoms with Crippen molar-refractivity contribution < 1.29 is 9.67 Å². The Kier molecular flexibility index (Phi) is 3.01. The fourth-order valence-electron chi connectivity index (χ4n) is 1.44. The summed E-state index contributed by atoms with van der Waals surface area (Å²) >= 11 is 0. The first-order chi connectivity index (χ1) is 7.75. The molecule has 2 heteroatoms. The molecule has 0 saturated carbocycles. The molecule has 2 nitrogen and oxygen atoms in total. The van der Waals surface area contributed by atoms with Crippen LogP contribution in [0.2, 0.25) is 0 Å². The second-order valence-corrected chi connectivity index (χ2v) is 3.69. The number of para-hydroxylation sites is 1. The van der Waals surface area contributed by atoms with E-state index in [4.69, 9.17) is 0 Å². The summed E-state index contributed by atoms with van der Waals surface area (Å²) in [5, 5.41) is 9.58. The van der Waals surface area contributed by atoms with Crippen molar-refractivity contribution in [1.82, 2.24) is 0 Å². The van der Waals surface area contributed by atoms with Gasteiger partial charge in [-0.05, 0) is 11.6 Å². The highest BCUT2D eigenvalue weighted by Gasteiger charge is 1.95. The highest BCUT2D eigenvalue weighted by molar-refractivity contribution is 5.71. The van der Waals surface area contributed by atoms with E-state index in [-0.39, 0.29) is 0 Å². The van der Waals surface area contributed by atoms with Crippen molar-refractivity contribution in [2.45, 2.75) is 0 Å². The van der Waals surface area contributed by atoms with E-state index in [1.165, 1.54) is 0 Å². The quantitative estimate of drug-likeness (QED) is 0.759. The Hall–Kier alpha value is -2.09. The van der Waals surface area contributed by atoms with Gasteiger partial charge in [-0.15, -0.1) is 0 Å². The minimum atomic E-state index is 0.306. The Bertz CT molecular complexity index is 500. The molecule has 1 aromatic carbocycles. The Morgan fingerprint density at radius 1 is 1.00 bits per heavy atom. The second kappa shape index (κ2) is 4.62. The number of phenolic OH excluding ortho intramolecular Hbond substituents is 1. The molecule has 0 aliphatic carbocycles. The van der Waals surface area contributed by atoms with Crippen LogP contribution in [0.15, 0.2) is 48.8 Å². The van der Waals surface area contributed by atoms with E-state index in [9.17, 15) is 5.11 Å². The van der Waals surface area contributed by atoms with Gasteiger partial charge >= 0.3 is 0 Å². The van der Waals surface area contributed by atoms with Gasteiger partial charge in [0.25, 0.3) is 0 Å². The lowest BCUT2D eigenvalue weighted by Gasteiger charge is -1.97. The maximum Gasteiger partial charge on any atom is 0.169 e. The Balaban J connectivity index is 2.21. The Morgan fingerprint density at radius 3 is 2.38 bits per heavy atom. The highest BCUT2D eigenvalue weighted by Crippen LogP contribution is 2.18. The van der Waals surface area contributed by atoms with Crippen LogP contribution in [0, 0.1) is 0 Å². The molecule has 2 aromatic rings. The molecule has 0 aliphatic heterocycles. The first-order valence-electron chi connectivity index (χ1n) is 5.17. The van der Waals surface area contributed by atoms with Gasteiger partial charge in [-0.3, -0.25) is 0 Å². The van der Waals surface area contributed by atoms with Crippen LogP contribution in [0.3, 0.4) is 0 Å². The van der Waals surface area contributed by atoms with E-state index in [1.807, 2.05) is 66.5 Å². The number of rotatable bonds is 2. The lowest BCUT2D eigenvalue weighted by molar-refractivity contribution is -0.671. The van der Waals surface area contributed by atoms with Gasteiger partial charge in [-0.2, -0.15) is 0 Å². The third-order valence-corrected chi connectivity index (χ3v) is 2.40. The Morgan fingerprint density at radius 2 is 1.69 bits per heavy atom. The number of phenols is 1. The summed E-state index contributed by atoms with van der Waals surface area (Å²) in [6.07, 6.45) is 7.87. The maximum absolute atomic E-state index is 9.58. The number of aromatic hydroxyl groups is 1. The van der Waals surface area contributed by atoms with Gasteiger partial charge < -0.3 is 5.11 Å². The average Bonchev–Trinajstić information content (AvgIpc) is 2.30. The van der Waals surface area contributed by atoms with Crippen molar-refractivity contribution in [3.63, 3.8) is 0 Å². The molecule has 0 unspecified atom stereocenters. The zero-order valence-corrected chi connectivity index (χ0v) is 9.17. The normalized spacial score (nSPS) is 10.8. The smallest absolute Gasteiger partial charge is 0.169 e. The Labute approximate surface area is 95.1 Å². The largest absolute Gasteiger partial charge is 0.507 e. The first-order valence-corrected chi connectivity index (χ1v) is 5.17. The number of hydrogen-bond acceptors (Lipinski definition) is 1. The lowest BCUT2D eigenvalue weighted by atomic mass is 10.1. The highest BCUT2D eigenvalue weighted by atomic mass is 16.3. The van der Waals surface area contributed by atoms with Crippen LogP contribution < -0.4 is 4.57 Å². The van der Waals surface area contributed by atoms with Crippen LogP contribution in [0.4, 0.5) is 0 Å². The summed E-state index contributed by atoms with van der Waals surface area (Å²) in [6.45, 7) is 0. The third kappa shape index (κ3) is 2.48. The zero-order chi connectivity index (χ0) is 11.4. The molecule has 80 valence electrons. The maximum atomic E-state index is 9.58. The van der Waals surface area contributed by atoms with Crippen LogP contribution in [-0.4, -0.2) is 5.11 Å². The molecule has 0 aliphatic rings. The zero-order valence-electron chi connectivity index (χ0n) is 9.17. The average molecular weight is 212 g/mol. The van der Waals surface area contributed by atoms with Crippen LogP contribution in [0.1, 0.15) is 11.1 Å². The van der Waals surface area contributed by atoms with Crippen LogP contribution in [0.25, 0.3) is 12.2 Å². The standard InChI is InChI=1S/C14H13NO/c1-15-10-8-12(9-11-15)6-7-13-4-2-3-5-14(13)16/h2-11H,1H3/p+1. The number of hydrogen-bond donors (Lipinski definition) is 1. The summed E-state index contributed by atoms with van der Waals surface area (Å²) in [5.41, 5.74) is 1.94. The molecule has 1 aromatic heterocycles. The number of nitrogens with zero attached hydrogens (tertiary/aromatic N) is 1. The molecule has 16 heavy (non-hydrogen) atoms. The van der Waals surface area contributed by atoms with E-state index in [1.54, 1.807) is 6.07 Å². The monoisotopic (exact) mass is 212 g/mol. The molecule has 0 bridgehead atoms. The van der Waals surface area contributed by atoms with Crippen molar-refractivity contribution >= 4 is 12.2 Å². The van der Waals surface area contributed by atoms with Crippen molar-refractivity contribution in [2.75, 3.05) is 0 Å². The summed E-state index contributed by atoms with van der Waals surface area (Å²) in [5.74, 6) is 0.306. The summed E-state index contributed by atoms with van der Waals surface area (Å²) in [4.78, 5) is 0. The van der Waals surface area contributed by atoms with Crippen molar-refractivity contribution in [1.29, 1.82) is 0 Å². The minimum Gasteiger partial charge on any atom is -0.507 e. The molecule has 0 spiro atoms. The van der Waals surface area contributed by atoms with Gasteiger partial charge in [-0.25, -0.2) is 4.57 Å². The SMILES string of the molecule is C[n+]1ccc(/C=C/c2ccccc2O)cc1. The molecule has 0 atom stereocenters. The molecule has 2 rings (SSSR count). The molecule has 0 amide bonds. The van der Waals surface area contributed by atoms with Gasteiger partial charge in [0.1, 0.15) is 12.8 Å². The second-order valence-electron chi connectivity index (χ2n) is 3.69. The first kappa shape index (κ1) is 10.4. The van der Waals surface area contributed by atoms with E-state index < -0.39 is 0 Å². The predicted octanol–water partition coefficient (Wildman–Crippen LogP) is 2.39. The molecular formula is C14H14NO+. The minimum absolute atomic E-state index is 0.306. The lowest BCUT2D eigenvalue weighted by Crippen LogP contribution is -2.25. The van der Waals surface area contributed by atoms with Gasteiger partial charge in [-0.1, -0.05) is 30.4 Å². The van der Waals surface area contributed by atoms with Gasteiger partial charge in [0, 0.05) is 17.7 Å². The summed E-state index contributed by atoms with van der Waals surface area (Å²) < 4.78 is 1.98. The molecule has 0 radical (unpaired) electrons. The molecule has 1 heterocycles. The number of aromatic nitrogens is 1. The van der Waals surface area contributed by atoms with Gasteiger partial charge in [0.05, 0.1) is 0 Å². The molecule has 0 saturated heterocycles. The predicted molar refractivity (Wildman–Crippen MR) is 64.7 cm³/mol. The van der Waals surface area contributed by atoms with Crippen molar-refractivity contribution in [2.24, 2.45) is 7.05 Å². The fourth-order valence-corrected chi connectivity index (χ4v) is 1.44.